The molecule has 0 aliphatic heterocycles. The first-order valence-corrected chi connectivity index (χ1v) is 8.15. The quantitative estimate of drug-likeness (QED) is 0.883. The van der Waals surface area contributed by atoms with Crippen molar-refractivity contribution in [2.24, 2.45) is 0 Å². The molecule has 0 bridgehead atoms. The summed E-state index contributed by atoms with van der Waals surface area (Å²) in [5.41, 5.74) is 3.08. The molecule has 1 amide bonds. The smallest absolute Gasteiger partial charge is 0.255 e. The number of aromatic nitrogens is 2. The van der Waals surface area contributed by atoms with E-state index in [9.17, 15) is 9.18 Å². The van der Waals surface area contributed by atoms with E-state index >= 15 is 0 Å². The average molecular weight is 317 g/mol. The van der Waals surface area contributed by atoms with Crippen LogP contribution in [0.4, 0.5) is 4.39 Å². The molecular weight excluding hydrogens is 293 g/mol. The van der Waals surface area contributed by atoms with E-state index in [4.69, 9.17) is 0 Å². The van der Waals surface area contributed by atoms with Gasteiger partial charge in [0.25, 0.3) is 5.91 Å². The molecule has 0 aliphatic carbocycles. The highest BCUT2D eigenvalue weighted by molar-refractivity contribution is 5.96. The number of hydrogen-bond acceptors (Lipinski definition) is 2. The molecule has 0 atom stereocenters. The van der Waals surface area contributed by atoms with Crippen molar-refractivity contribution in [1.82, 2.24) is 15.1 Å². The molecule has 5 heteroatoms. The van der Waals surface area contributed by atoms with E-state index in [1.807, 2.05) is 20.8 Å². The SMILES string of the molecule is CCCc1nn(-c2ccc(F)cc2)c(CC)c1C(=O)NC(C)C. The maximum absolute atomic E-state index is 13.2. The summed E-state index contributed by atoms with van der Waals surface area (Å²) in [6.45, 7) is 7.94. The fourth-order valence-electron chi connectivity index (χ4n) is 2.63. The predicted molar refractivity (Wildman–Crippen MR) is 89.5 cm³/mol. The van der Waals surface area contributed by atoms with Gasteiger partial charge in [-0.1, -0.05) is 20.3 Å². The van der Waals surface area contributed by atoms with Gasteiger partial charge in [-0.05, 0) is 51.0 Å². The fourth-order valence-corrected chi connectivity index (χ4v) is 2.63. The van der Waals surface area contributed by atoms with Crippen LogP contribution in [0.3, 0.4) is 0 Å². The molecule has 0 aliphatic rings. The lowest BCUT2D eigenvalue weighted by atomic mass is 10.1. The van der Waals surface area contributed by atoms with Crippen LogP contribution in [0.1, 0.15) is 55.9 Å². The van der Waals surface area contributed by atoms with Crippen LogP contribution in [-0.4, -0.2) is 21.7 Å². The number of nitrogens with one attached hydrogen (secondary N) is 1. The second-order valence-corrected chi connectivity index (χ2v) is 5.89. The maximum atomic E-state index is 13.2. The van der Waals surface area contributed by atoms with Gasteiger partial charge in [0.1, 0.15) is 5.82 Å². The third-order valence-corrected chi connectivity index (χ3v) is 3.59. The van der Waals surface area contributed by atoms with E-state index in [0.717, 1.165) is 29.9 Å². The molecule has 2 rings (SSSR count). The number of carbonyl (C=O) groups excluding carboxylic acids is 1. The summed E-state index contributed by atoms with van der Waals surface area (Å²) in [6, 6.07) is 6.24. The van der Waals surface area contributed by atoms with E-state index in [1.165, 1.54) is 12.1 Å². The summed E-state index contributed by atoms with van der Waals surface area (Å²) in [5, 5.41) is 7.59. The monoisotopic (exact) mass is 317 g/mol. The van der Waals surface area contributed by atoms with Crippen LogP contribution in [0, 0.1) is 5.82 Å². The molecule has 4 nitrogen and oxygen atoms in total. The molecule has 124 valence electrons. The Hall–Kier alpha value is -2.17. The number of hydrogen-bond donors (Lipinski definition) is 1. The normalized spacial score (nSPS) is 11.0. The van der Waals surface area contributed by atoms with Gasteiger partial charge in [0.2, 0.25) is 0 Å². The number of benzene rings is 1. The van der Waals surface area contributed by atoms with Gasteiger partial charge in [-0.2, -0.15) is 5.10 Å². The molecule has 2 aromatic rings. The number of nitrogens with zero attached hydrogens (tertiary/aromatic N) is 2. The lowest BCUT2D eigenvalue weighted by molar-refractivity contribution is 0.0941. The van der Waals surface area contributed by atoms with Crippen LogP contribution < -0.4 is 5.32 Å². The van der Waals surface area contributed by atoms with Crippen molar-refractivity contribution < 1.29 is 9.18 Å². The third-order valence-electron chi connectivity index (χ3n) is 3.59. The van der Waals surface area contributed by atoms with Gasteiger partial charge in [-0.15, -0.1) is 0 Å². The molecule has 23 heavy (non-hydrogen) atoms. The maximum Gasteiger partial charge on any atom is 0.255 e. The molecule has 0 saturated heterocycles. The molecular formula is C18H24FN3O. The minimum absolute atomic E-state index is 0.0656. The van der Waals surface area contributed by atoms with Gasteiger partial charge < -0.3 is 5.32 Å². The summed E-state index contributed by atoms with van der Waals surface area (Å²) >= 11 is 0. The van der Waals surface area contributed by atoms with Crippen molar-refractivity contribution in [3.8, 4) is 5.69 Å². The standard InChI is InChI=1S/C18H24FN3O/c1-5-7-15-17(18(23)20-12(3)4)16(6-2)22(21-15)14-10-8-13(19)9-11-14/h8-12H,5-7H2,1-4H3,(H,20,23). The molecule has 0 spiro atoms. The number of carbonyl (C=O) groups is 1. The van der Waals surface area contributed by atoms with Crippen molar-refractivity contribution >= 4 is 5.91 Å². The second kappa shape index (κ2) is 7.40. The van der Waals surface area contributed by atoms with Crippen LogP contribution in [0.25, 0.3) is 5.69 Å². The summed E-state index contributed by atoms with van der Waals surface area (Å²) in [7, 11) is 0. The van der Waals surface area contributed by atoms with Crippen molar-refractivity contribution in [3.63, 3.8) is 0 Å². The Bertz CT molecular complexity index is 674. The molecule has 1 aromatic heterocycles. The van der Waals surface area contributed by atoms with E-state index in [-0.39, 0.29) is 17.8 Å². The van der Waals surface area contributed by atoms with Crippen molar-refractivity contribution in [1.29, 1.82) is 0 Å². The second-order valence-electron chi connectivity index (χ2n) is 5.89. The highest BCUT2D eigenvalue weighted by Gasteiger charge is 2.23. The molecule has 1 aromatic carbocycles. The van der Waals surface area contributed by atoms with Crippen molar-refractivity contribution in [3.05, 3.63) is 47.0 Å². The van der Waals surface area contributed by atoms with Crippen molar-refractivity contribution in [2.45, 2.75) is 53.0 Å². The zero-order valence-corrected chi connectivity index (χ0v) is 14.2. The van der Waals surface area contributed by atoms with E-state index in [2.05, 4.69) is 17.3 Å². The van der Waals surface area contributed by atoms with Gasteiger partial charge in [-0.25, -0.2) is 9.07 Å². The lowest BCUT2D eigenvalue weighted by Gasteiger charge is -2.11. The molecule has 0 unspecified atom stereocenters. The Kier molecular flexibility index (Phi) is 5.53. The summed E-state index contributed by atoms with van der Waals surface area (Å²) in [4.78, 5) is 12.6. The Labute approximate surface area is 136 Å². The zero-order chi connectivity index (χ0) is 17.0. The van der Waals surface area contributed by atoms with E-state index in [0.29, 0.717) is 12.0 Å². The number of aryl methyl sites for hydroxylation is 1. The Morgan fingerprint density at radius 2 is 1.91 bits per heavy atom. The largest absolute Gasteiger partial charge is 0.350 e. The lowest BCUT2D eigenvalue weighted by Crippen LogP contribution is -2.31. The molecule has 0 fully saturated rings. The highest BCUT2D eigenvalue weighted by Crippen LogP contribution is 2.21. The Morgan fingerprint density at radius 3 is 2.43 bits per heavy atom. The van der Waals surface area contributed by atoms with Crippen LogP contribution in [0.15, 0.2) is 24.3 Å². The van der Waals surface area contributed by atoms with Gasteiger partial charge in [0.05, 0.1) is 22.6 Å². The minimum Gasteiger partial charge on any atom is -0.350 e. The minimum atomic E-state index is -0.287. The van der Waals surface area contributed by atoms with Crippen LogP contribution in [-0.2, 0) is 12.8 Å². The average Bonchev–Trinajstić information content (AvgIpc) is 2.86. The van der Waals surface area contributed by atoms with Crippen LogP contribution in [0.5, 0.6) is 0 Å². The van der Waals surface area contributed by atoms with Gasteiger partial charge in [0.15, 0.2) is 0 Å². The molecule has 1 heterocycles. The van der Waals surface area contributed by atoms with Crippen LogP contribution in [0.2, 0.25) is 0 Å². The zero-order valence-electron chi connectivity index (χ0n) is 14.2. The first-order chi connectivity index (χ1) is 11.0. The topological polar surface area (TPSA) is 46.9 Å². The van der Waals surface area contributed by atoms with Crippen molar-refractivity contribution in [2.75, 3.05) is 0 Å². The van der Waals surface area contributed by atoms with Gasteiger partial charge in [-0.3, -0.25) is 4.79 Å². The summed E-state index contributed by atoms with van der Waals surface area (Å²) in [5.74, 6) is -0.376. The first kappa shape index (κ1) is 17.2. The fraction of sp³-hybridized carbons (Fsp3) is 0.444. The third kappa shape index (κ3) is 3.78. The highest BCUT2D eigenvalue weighted by atomic mass is 19.1. The summed E-state index contributed by atoms with van der Waals surface area (Å²) in [6.07, 6.45) is 2.32. The number of rotatable bonds is 6. The van der Waals surface area contributed by atoms with E-state index in [1.54, 1.807) is 16.8 Å². The Balaban J connectivity index is 2.55. The predicted octanol–water partition coefficient (Wildman–Crippen LogP) is 3.66. The molecule has 0 radical (unpaired) electrons. The molecule has 0 saturated carbocycles. The van der Waals surface area contributed by atoms with Crippen LogP contribution >= 0.6 is 0 Å². The number of amides is 1. The van der Waals surface area contributed by atoms with Gasteiger partial charge in [0, 0.05) is 6.04 Å². The molecule has 1 N–H and O–H groups in total. The summed E-state index contributed by atoms with van der Waals surface area (Å²) < 4.78 is 14.9. The van der Waals surface area contributed by atoms with E-state index < -0.39 is 0 Å². The number of halogens is 1. The first-order valence-electron chi connectivity index (χ1n) is 8.15. The Morgan fingerprint density at radius 1 is 1.26 bits per heavy atom. The van der Waals surface area contributed by atoms with Gasteiger partial charge >= 0.3 is 0 Å².